The van der Waals surface area contributed by atoms with Crippen LogP contribution in [0.2, 0.25) is 0 Å². The van der Waals surface area contributed by atoms with Gasteiger partial charge in [0, 0.05) is 33.1 Å². The van der Waals surface area contributed by atoms with Crippen LogP contribution in [0.5, 0.6) is 0 Å². The molecule has 0 atom stereocenters. The number of aromatic nitrogens is 2. The minimum atomic E-state index is -0.494. The molecule has 0 aliphatic heterocycles. The fraction of sp³-hybridized carbons (Fsp3) is 0.615. The van der Waals surface area contributed by atoms with Crippen LogP contribution < -0.4 is 16.0 Å². The van der Waals surface area contributed by atoms with Crippen LogP contribution in [0, 0.1) is 5.41 Å². The van der Waals surface area contributed by atoms with Gasteiger partial charge in [-0.3, -0.25) is 4.79 Å². The molecule has 0 aromatic carbocycles. The van der Waals surface area contributed by atoms with Crippen molar-refractivity contribution >= 4 is 17.5 Å². The van der Waals surface area contributed by atoms with Gasteiger partial charge in [0.25, 0.3) is 0 Å². The second kappa shape index (κ2) is 6.36. The van der Waals surface area contributed by atoms with E-state index in [4.69, 9.17) is 0 Å². The normalized spacial score (nSPS) is 11.0. The topological polar surface area (TPSA) is 78.9 Å². The maximum atomic E-state index is 11.7. The van der Waals surface area contributed by atoms with Crippen LogP contribution in [0.3, 0.4) is 0 Å². The lowest BCUT2D eigenvalue weighted by Crippen LogP contribution is -2.39. The van der Waals surface area contributed by atoms with Gasteiger partial charge in [0.15, 0.2) is 0 Å². The summed E-state index contributed by atoms with van der Waals surface area (Å²) < 4.78 is 0. The molecule has 0 aliphatic carbocycles. The second-order valence-electron chi connectivity index (χ2n) is 4.97. The van der Waals surface area contributed by atoms with Gasteiger partial charge in [0.05, 0.1) is 5.41 Å². The maximum Gasteiger partial charge on any atom is 0.227 e. The number of hydrogen-bond acceptors (Lipinski definition) is 5. The number of rotatable bonds is 6. The molecular weight excluding hydrogens is 242 g/mol. The summed E-state index contributed by atoms with van der Waals surface area (Å²) in [6.45, 7) is 6.29. The van der Waals surface area contributed by atoms with Crippen LogP contribution >= 0.6 is 0 Å². The number of hydrogen-bond donors (Lipinski definition) is 3. The van der Waals surface area contributed by atoms with Gasteiger partial charge in [-0.25, -0.2) is 9.97 Å². The Hall–Kier alpha value is -1.85. The Labute approximate surface area is 114 Å². The van der Waals surface area contributed by atoms with E-state index in [-0.39, 0.29) is 5.91 Å². The Morgan fingerprint density at radius 3 is 2.42 bits per heavy atom. The van der Waals surface area contributed by atoms with E-state index in [9.17, 15) is 4.79 Å². The third-order valence-corrected chi connectivity index (χ3v) is 2.90. The molecule has 0 bridgehead atoms. The number of aryl methyl sites for hydroxylation is 1. The monoisotopic (exact) mass is 265 g/mol. The average molecular weight is 265 g/mol. The molecule has 6 nitrogen and oxygen atoms in total. The van der Waals surface area contributed by atoms with Crippen LogP contribution in [0.1, 0.15) is 26.6 Å². The van der Waals surface area contributed by atoms with Crippen molar-refractivity contribution in [2.75, 3.05) is 31.3 Å². The predicted molar refractivity (Wildman–Crippen MR) is 77.3 cm³/mol. The highest BCUT2D eigenvalue weighted by Gasteiger charge is 2.26. The molecule has 0 fully saturated rings. The first-order valence-electron chi connectivity index (χ1n) is 6.44. The van der Waals surface area contributed by atoms with E-state index in [0.717, 1.165) is 23.9 Å². The van der Waals surface area contributed by atoms with Crippen LogP contribution in [-0.4, -0.2) is 36.5 Å². The van der Waals surface area contributed by atoms with Gasteiger partial charge in [-0.05, 0) is 13.8 Å². The minimum absolute atomic E-state index is 0.00129. The highest BCUT2D eigenvalue weighted by molar-refractivity contribution is 5.82. The van der Waals surface area contributed by atoms with Crippen molar-refractivity contribution in [3.05, 3.63) is 11.9 Å². The van der Waals surface area contributed by atoms with Crippen molar-refractivity contribution in [2.24, 2.45) is 5.41 Å². The molecular formula is C13H23N5O. The molecule has 1 amide bonds. The third-order valence-electron chi connectivity index (χ3n) is 2.90. The Balaban J connectivity index is 2.80. The highest BCUT2D eigenvalue weighted by Crippen LogP contribution is 2.17. The third kappa shape index (κ3) is 4.08. The molecule has 0 unspecified atom stereocenters. The average Bonchev–Trinajstić information content (AvgIpc) is 2.43. The largest absolute Gasteiger partial charge is 0.373 e. The SMILES string of the molecule is CCc1nc(NC)cc(NCC(C)(C)C(=O)NC)n1. The first kappa shape index (κ1) is 15.2. The number of amides is 1. The smallest absolute Gasteiger partial charge is 0.227 e. The zero-order valence-corrected chi connectivity index (χ0v) is 12.3. The molecule has 0 aliphatic rings. The van der Waals surface area contributed by atoms with Crippen LogP contribution in [0.25, 0.3) is 0 Å². The Morgan fingerprint density at radius 2 is 1.89 bits per heavy atom. The van der Waals surface area contributed by atoms with Crippen LogP contribution in [0.15, 0.2) is 6.07 Å². The van der Waals surface area contributed by atoms with Crippen molar-refractivity contribution in [1.82, 2.24) is 15.3 Å². The summed E-state index contributed by atoms with van der Waals surface area (Å²) in [5.41, 5.74) is -0.494. The molecule has 19 heavy (non-hydrogen) atoms. The van der Waals surface area contributed by atoms with E-state index in [2.05, 4.69) is 25.9 Å². The van der Waals surface area contributed by atoms with Gasteiger partial charge < -0.3 is 16.0 Å². The molecule has 6 heteroatoms. The zero-order valence-electron chi connectivity index (χ0n) is 12.3. The molecule has 106 valence electrons. The van der Waals surface area contributed by atoms with Crippen LogP contribution in [0.4, 0.5) is 11.6 Å². The van der Waals surface area contributed by atoms with Gasteiger partial charge in [-0.2, -0.15) is 0 Å². The van der Waals surface area contributed by atoms with E-state index in [1.54, 1.807) is 7.05 Å². The van der Waals surface area contributed by atoms with Crippen molar-refractivity contribution in [2.45, 2.75) is 27.2 Å². The minimum Gasteiger partial charge on any atom is -0.373 e. The fourth-order valence-corrected chi connectivity index (χ4v) is 1.60. The number of carbonyl (C=O) groups is 1. The van der Waals surface area contributed by atoms with Gasteiger partial charge in [0.1, 0.15) is 17.5 Å². The maximum absolute atomic E-state index is 11.7. The van der Waals surface area contributed by atoms with E-state index in [1.807, 2.05) is 33.9 Å². The highest BCUT2D eigenvalue weighted by atomic mass is 16.2. The Kier molecular flexibility index (Phi) is 5.09. The molecule has 0 spiro atoms. The predicted octanol–water partition coefficient (Wildman–Crippen LogP) is 1.26. The Bertz CT molecular complexity index is 422. The van der Waals surface area contributed by atoms with Crippen molar-refractivity contribution in [3.63, 3.8) is 0 Å². The van der Waals surface area contributed by atoms with Gasteiger partial charge in [-0.15, -0.1) is 0 Å². The number of anilines is 2. The summed E-state index contributed by atoms with van der Waals surface area (Å²) in [5.74, 6) is 2.27. The molecule has 0 saturated carbocycles. The summed E-state index contributed by atoms with van der Waals surface area (Å²) in [4.78, 5) is 20.4. The van der Waals surface area contributed by atoms with Crippen LogP contribution in [-0.2, 0) is 11.2 Å². The lowest BCUT2D eigenvalue weighted by molar-refractivity contribution is -0.128. The molecule has 0 saturated heterocycles. The molecule has 1 rings (SSSR count). The second-order valence-corrected chi connectivity index (χ2v) is 4.97. The van der Waals surface area contributed by atoms with Gasteiger partial charge in [-0.1, -0.05) is 6.92 Å². The van der Waals surface area contributed by atoms with E-state index in [0.29, 0.717) is 6.54 Å². The molecule has 1 aromatic heterocycles. The molecule has 3 N–H and O–H groups in total. The summed E-state index contributed by atoms with van der Waals surface area (Å²) in [5, 5.41) is 8.86. The van der Waals surface area contributed by atoms with Gasteiger partial charge >= 0.3 is 0 Å². The standard InChI is InChI=1S/C13H23N5O/c1-6-9-17-10(14-4)7-11(18-9)16-8-13(2,3)12(19)15-5/h7H,6,8H2,1-5H3,(H,15,19)(H2,14,16,17,18). The fourth-order valence-electron chi connectivity index (χ4n) is 1.60. The molecule has 0 radical (unpaired) electrons. The molecule has 1 aromatic rings. The van der Waals surface area contributed by atoms with Crippen molar-refractivity contribution < 1.29 is 4.79 Å². The number of carbonyl (C=O) groups excluding carboxylic acids is 1. The molecule has 1 heterocycles. The lowest BCUT2D eigenvalue weighted by atomic mass is 9.92. The van der Waals surface area contributed by atoms with E-state index < -0.39 is 5.41 Å². The lowest BCUT2D eigenvalue weighted by Gasteiger charge is -2.23. The van der Waals surface area contributed by atoms with Gasteiger partial charge in [0.2, 0.25) is 5.91 Å². The first-order chi connectivity index (χ1) is 8.92. The summed E-state index contributed by atoms with van der Waals surface area (Å²) in [7, 11) is 3.46. The number of nitrogens with one attached hydrogen (secondary N) is 3. The first-order valence-corrected chi connectivity index (χ1v) is 6.44. The quantitative estimate of drug-likeness (QED) is 0.722. The zero-order chi connectivity index (χ0) is 14.5. The van der Waals surface area contributed by atoms with E-state index in [1.165, 1.54) is 0 Å². The Morgan fingerprint density at radius 1 is 1.26 bits per heavy atom. The van der Waals surface area contributed by atoms with E-state index >= 15 is 0 Å². The number of nitrogens with zero attached hydrogens (tertiary/aromatic N) is 2. The summed E-state index contributed by atoms with van der Waals surface area (Å²) in [6.07, 6.45) is 0.767. The van der Waals surface area contributed by atoms with Crippen molar-refractivity contribution in [1.29, 1.82) is 0 Å². The summed E-state index contributed by atoms with van der Waals surface area (Å²) >= 11 is 0. The van der Waals surface area contributed by atoms with Crippen molar-refractivity contribution in [3.8, 4) is 0 Å². The summed E-state index contributed by atoms with van der Waals surface area (Å²) in [6, 6.07) is 1.83.